The van der Waals surface area contributed by atoms with Gasteiger partial charge in [-0.15, -0.1) is 0 Å². The maximum Gasteiger partial charge on any atom is 0.262 e. The first-order chi connectivity index (χ1) is 10.4. The van der Waals surface area contributed by atoms with E-state index in [1.807, 2.05) is 6.92 Å². The van der Waals surface area contributed by atoms with Crippen molar-refractivity contribution in [2.75, 3.05) is 11.3 Å². The van der Waals surface area contributed by atoms with E-state index in [-0.39, 0.29) is 10.7 Å². The summed E-state index contributed by atoms with van der Waals surface area (Å²) in [6.07, 6.45) is 0. The zero-order chi connectivity index (χ0) is 16.2. The topological polar surface area (TPSA) is 72.5 Å². The highest BCUT2D eigenvalue weighted by Gasteiger charge is 2.16. The molecule has 2 aromatic rings. The molecule has 1 N–H and O–H groups in total. The molecule has 0 aromatic heterocycles. The molecule has 0 radical (unpaired) electrons. The van der Waals surface area contributed by atoms with Gasteiger partial charge in [0.05, 0.1) is 17.2 Å². The number of ketones is 1. The summed E-state index contributed by atoms with van der Waals surface area (Å²) >= 11 is 0. The predicted octanol–water partition coefficient (Wildman–Crippen LogP) is 3.09. The SMILES string of the molecule is CCOc1ccccc1NS(=O)(=O)c1ccc(C(C)=O)cc1. The Labute approximate surface area is 130 Å². The fourth-order valence-electron chi connectivity index (χ4n) is 1.90. The highest BCUT2D eigenvalue weighted by molar-refractivity contribution is 7.92. The molecule has 0 fully saturated rings. The van der Waals surface area contributed by atoms with Crippen molar-refractivity contribution >= 4 is 21.5 Å². The fraction of sp³-hybridized carbons (Fsp3) is 0.188. The van der Waals surface area contributed by atoms with E-state index in [1.165, 1.54) is 31.2 Å². The van der Waals surface area contributed by atoms with Gasteiger partial charge < -0.3 is 4.74 Å². The molecule has 0 aliphatic heterocycles. The van der Waals surface area contributed by atoms with Crippen molar-refractivity contribution < 1.29 is 17.9 Å². The van der Waals surface area contributed by atoms with Crippen molar-refractivity contribution in [3.05, 3.63) is 54.1 Å². The molecular weight excluding hydrogens is 302 g/mol. The number of hydrogen-bond donors (Lipinski definition) is 1. The quantitative estimate of drug-likeness (QED) is 0.830. The lowest BCUT2D eigenvalue weighted by molar-refractivity contribution is 0.101. The molecule has 2 aromatic carbocycles. The molecule has 0 atom stereocenters. The number of rotatable bonds is 6. The van der Waals surface area contributed by atoms with E-state index in [9.17, 15) is 13.2 Å². The van der Waals surface area contributed by atoms with Crippen LogP contribution in [0.15, 0.2) is 53.4 Å². The van der Waals surface area contributed by atoms with E-state index in [1.54, 1.807) is 24.3 Å². The zero-order valence-corrected chi connectivity index (χ0v) is 13.2. The molecule has 2 rings (SSSR count). The number of anilines is 1. The largest absolute Gasteiger partial charge is 0.492 e. The van der Waals surface area contributed by atoms with Gasteiger partial charge in [0, 0.05) is 5.56 Å². The van der Waals surface area contributed by atoms with Gasteiger partial charge in [0.2, 0.25) is 0 Å². The minimum Gasteiger partial charge on any atom is -0.492 e. The van der Waals surface area contributed by atoms with Gasteiger partial charge in [0.25, 0.3) is 10.0 Å². The number of para-hydroxylation sites is 2. The number of carbonyl (C=O) groups is 1. The average Bonchev–Trinajstić information content (AvgIpc) is 2.49. The number of hydrogen-bond acceptors (Lipinski definition) is 4. The predicted molar refractivity (Wildman–Crippen MR) is 84.9 cm³/mol. The number of carbonyl (C=O) groups excluding carboxylic acids is 1. The Morgan fingerprint density at radius 2 is 1.73 bits per heavy atom. The van der Waals surface area contributed by atoms with Gasteiger partial charge in [-0.1, -0.05) is 24.3 Å². The van der Waals surface area contributed by atoms with Crippen LogP contribution < -0.4 is 9.46 Å². The van der Waals surface area contributed by atoms with Gasteiger partial charge in [-0.25, -0.2) is 8.42 Å². The van der Waals surface area contributed by atoms with Crippen molar-refractivity contribution in [2.45, 2.75) is 18.7 Å². The molecule has 0 heterocycles. The highest BCUT2D eigenvalue weighted by atomic mass is 32.2. The van der Waals surface area contributed by atoms with Gasteiger partial charge in [-0.3, -0.25) is 9.52 Å². The van der Waals surface area contributed by atoms with E-state index in [0.29, 0.717) is 23.6 Å². The third-order valence-electron chi connectivity index (χ3n) is 3.00. The van der Waals surface area contributed by atoms with Crippen molar-refractivity contribution in [3.63, 3.8) is 0 Å². The monoisotopic (exact) mass is 319 g/mol. The molecule has 22 heavy (non-hydrogen) atoms. The summed E-state index contributed by atoms with van der Waals surface area (Å²) < 4.78 is 32.7. The Balaban J connectivity index is 2.30. The van der Waals surface area contributed by atoms with E-state index < -0.39 is 10.0 Å². The first kappa shape index (κ1) is 16.0. The third-order valence-corrected chi connectivity index (χ3v) is 4.38. The lowest BCUT2D eigenvalue weighted by Gasteiger charge is -2.12. The highest BCUT2D eigenvalue weighted by Crippen LogP contribution is 2.26. The van der Waals surface area contributed by atoms with Crippen LogP contribution in [-0.4, -0.2) is 20.8 Å². The van der Waals surface area contributed by atoms with Crippen molar-refractivity contribution in [1.29, 1.82) is 0 Å². The summed E-state index contributed by atoms with van der Waals surface area (Å²) in [6, 6.07) is 12.6. The first-order valence-corrected chi connectivity index (χ1v) is 8.28. The Morgan fingerprint density at radius 3 is 2.32 bits per heavy atom. The van der Waals surface area contributed by atoms with E-state index in [2.05, 4.69) is 4.72 Å². The van der Waals surface area contributed by atoms with Crippen LogP contribution in [0, 0.1) is 0 Å². The summed E-state index contributed by atoms with van der Waals surface area (Å²) in [5.41, 5.74) is 0.841. The third kappa shape index (κ3) is 3.65. The number of benzene rings is 2. The molecule has 0 saturated carbocycles. The summed E-state index contributed by atoms with van der Waals surface area (Å²) in [5, 5.41) is 0. The molecule has 0 aliphatic carbocycles. The lowest BCUT2D eigenvalue weighted by atomic mass is 10.2. The summed E-state index contributed by atoms with van der Waals surface area (Å²) in [7, 11) is -3.74. The van der Waals surface area contributed by atoms with E-state index in [4.69, 9.17) is 4.74 Å². The Bertz CT molecular complexity index is 767. The maximum atomic E-state index is 12.4. The number of sulfonamides is 1. The maximum absolute atomic E-state index is 12.4. The molecule has 116 valence electrons. The number of Topliss-reactive ketones (excluding diaryl/α,β-unsaturated/α-hetero) is 1. The Kier molecular flexibility index (Phi) is 4.82. The molecule has 0 amide bonds. The normalized spacial score (nSPS) is 11.0. The van der Waals surface area contributed by atoms with Crippen LogP contribution in [0.1, 0.15) is 24.2 Å². The molecule has 5 nitrogen and oxygen atoms in total. The van der Waals surface area contributed by atoms with Crippen molar-refractivity contribution in [2.24, 2.45) is 0 Å². The van der Waals surface area contributed by atoms with Crippen molar-refractivity contribution in [1.82, 2.24) is 0 Å². The first-order valence-electron chi connectivity index (χ1n) is 6.79. The second kappa shape index (κ2) is 6.62. The van der Waals surface area contributed by atoms with Crippen LogP contribution in [-0.2, 0) is 10.0 Å². The van der Waals surface area contributed by atoms with Crippen LogP contribution in [0.5, 0.6) is 5.75 Å². The molecule has 6 heteroatoms. The van der Waals surface area contributed by atoms with E-state index >= 15 is 0 Å². The fourth-order valence-corrected chi connectivity index (χ4v) is 2.98. The van der Waals surface area contributed by atoms with Gasteiger partial charge >= 0.3 is 0 Å². The Morgan fingerprint density at radius 1 is 1.09 bits per heavy atom. The van der Waals surface area contributed by atoms with Crippen molar-refractivity contribution in [3.8, 4) is 5.75 Å². The summed E-state index contributed by atoms with van der Waals surface area (Å²) in [5.74, 6) is 0.354. The molecular formula is C16H17NO4S. The standard InChI is InChI=1S/C16H17NO4S/c1-3-21-16-7-5-4-6-15(16)17-22(19,20)14-10-8-13(9-11-14)12(2)18/h4-11,17H,3H2,1-2H3. The number of ether oxygens (including phenoxy) is 1. The summed E-state index contributed by atoms with van der Waals surface area (Å²) in [6.45, 7) is 3.69. The summed E-state index contributed by atoms with van der Waals surface area (Å²) in [4.78, 5) is 11.3. The van der Waals surface area contributed by atoms with Crippen LogP contribution >= 0.6 is 0 Å². The van der Waals surface area contributed by atoms with Crippen LogP contribution in [0.4, 0.5) is 5.69 Å². The lowest BCUT2D eigenvalue weighted by Crippen LogP contribution is -2.14. The molecule has 0 spiro atoms. The minimum absolute atomic E-state index is 0.0869. The van der Waals surface area contributed by atoms with Crippen LogP contribution in [0.2, 0.25) is 0 Å². The van der Waals surface area contributed by atoms with Gasteiger partial charge in [-0.05, 0) is 38.1 Å². The average molecular weight is 319 g/mol. The molecule has 0 saturated heterocycles. The Hall–Kier alpha value is -2.34. The molecule has 0 bridgehead atoms. The second-order valence-electron chi connectivity index (χ2n) is 4.62. The van der Waals surface area contributed by atoms with Crippen LogP contribution in [0.3, 0.4) is 0 Å². The van der Waals surface area contributed by atoms with Gasteiger partial charge in [0.15, 0.2) is 5.78 Å². The smallest absolute Gasteiger partial charge is 0.262 e. The molecule has 0 aliphatic rings. The second-order valence-corrected chi connectivity index (χ2v) is 6.30. The number of nitrogens with one attached hydrogen (secondary N) is 1. The zero-order valence-electron chi connectivity index (χ0n) is 12.4. The van der Waals surface area contributed by atoms with E-state index in [0.717, 1.165) is 0 Å². The van der Waals surface area contributed by atoms with Gasteiger partial charge in [0.1, 0.15) is 5.75 Å². The van der Waals surface area contributed by atoms with Gasteiger partial charge in [-0.2, -0.15) is 0 Å². The van der Waals surface area contributed by atoms with Crippen LogP contribution in [0.25, 0.3) is 0 Å². The molecule has 0 unspecified atom stereocenters. The minimum atomic E-state index is -3.74.